The minimum atomic E-state index is -1.04. The first-order valence-electron chi connectivity index (χ1n) is 6.11. The summed E-state index contributed by atoms with van der Waals surface area (Å²) in [6.07, 6.45) is 3.82. The van der Waals surface area contributed by atoms with Crippen molar-refractivity contribution in [1.29, 1.82) is 0 Å². The Labute approximate surface area is 92.2 Å². The van der Waals surface area contributed by atoms with E-state index in [9.17, 15) is 4.39 Å². The lowest BCUT2D eigenvalue weighted by Crippen LogP contribution is -2.40. The molecule has 0 aromatic rings. The third kappa shape index (κ3) is 2.91. The monoisotopic (exact) mass is 214 g/mol. The fraction of sp³-hybridized carbons (Fsp3) is 1.00. The zero-order valence-electron chi connectivity index (χ0n) is 9.98. The molecule has 0 aromatic heterocycles. The molecule has 2 nitrogen and oxygen atoms in total. The number of likely N-dealkylation sites (tertiary alicyclic amines) is 1. The van der Waals surface area contributed by atoms with Crippen LogP contribution in [0.15, 0.2) is 0 Å². The molecule has 0 radical (unpaired) electrons. The highest BCUT2D eigenvalue weighted by molar-refractivity contribution is 4.94. The number of hydrogen-bond acceptors (Lipinski definition) is 2. The summed E-state index contributed by atoms with van der Waals surface area (Å²) in [5, 5.41) is 3.41. The van der Waals surface area contributed by atoms with Gasteiger partial charge in [-0.1, -0.05) is 0 Å². The van der Waals surface area contributed by atoms with Gasteiger partial charge in [-0.15, -0.1) is 0 Å². The van der Waals surface area contributed by atoms with Crippen LogP contribution in [0.25, 0.3) is 0 Å². The van der Waals surface area contributed by atoms with Crippen LogP contribution in [0.4, 0.5) is 4.39 Å². The van der Waals surface area contributed by atoms with Gasteiger partial charge in [0.2, 0.25) is 0 Å². The molecule has 2 rings (SSSR count). The lowest BCUT2D eigenvalue weighted by atomic mass is 9.78. The molecule has 2 aliphatic heterocycles. The Hall–Kier alpha value is -0.150. The van der Waals surface area contributed by atoms with Crippen molar-refractivity contribution >= 4 is 0 Å². The fourth-order valence-electron chi connectivity index (χ4n) is 3.06. The van der Waals surface area contributed by atoms with Crippen molar-refractivity contribution in [2.45, 2.75) is 38.8 Å². The molecule has 0 aromatic carbocycles. The van der Waals surface area contributed by atoms with E-state index in [2.05, 4.69) is 10.2 Å². The summed E-state index contributed by atoms with van der Waals surface area (Å²) in [5.74, 6) is 0. The molecule has 0 atom stereocenters. The first kappa shape index (κ1) is 11.3. The highest BCUT2D eigenvalue weighted by atomic mass is 19.1. The standard InChI is InChI=1S/C12H23FN2/c1-11(2,13)9-15-8-5-12(10-15)3-6-14-7-4-12/h14H,3-10H2,1-2H3. The van der Waals surface area contributed by atoms with Gasteiger partial charge in [-0.25, -0.2) is 4.39 Å². The molecule has 2 heterocycles. The maximum atomic E-state index is 13.5. The van der Waals surface area contributed by atoms with Gasteiger partial charge in [0.15, 0.2) is 0 Å². The Morgan fingerprint density at radius 1 is 1.27 bits per heavy atom. The second-order valence-corrected chi connectivity index (χ2v) is 5.93. The molecule has 88 valence electrons. The van der Waals surface area contributed by atoms with Gasteiger partial charge in [0, 0.05) is 13.1 Å². The third-order valence-corrected chi connectivity index (χ3v) is 3.78. The molecule has 0 unspecified atom stereocenters. The summed E-state index contributed by atoms with van der Waals surface area (Å²) in [4.78, 5) is 2.31. The minimum Gasteiger partial charge on any atom is -0.317 e. The van der Waals surface area contributed by atoms with Crippen LogP contribution in [0, 0.1) is 5.41 Å². The fourth-order valence-corrected chi connectivity index (χ4v) is 3.06. The Kier molecular flexibility index (Phi) is 3.04. The molecule has 2 saturated heterocycles. The number of hydrogen-bond donors (Lipinski definition) is 1. The Morgan fingerprint density at radius 3 is 2.53 bits per heavy atom. The van der Waals surface area contributed by atoms with E-state index in [-0.39, 0.29) is 0 Å². The van der Waals surface area contributed by atoms with E-state index in [1.54, 1.807) is 13.8 Å². The van der Waals surface area contributed by atoms with Gasteiger partial charge >= 0.3 is 0 Å². The van der Waals surface area contributed by atoms with Crippen LogP contribution in [0.3, 0.4) is 0 Å². The second kappa shape index (κ2) is 4.02. The molecule has 1 spiro atoms. The Balaban J connectivity index is 1.88. The first-order chi connectivity index (χ1) is 6.99. The lowest BCUT2D eigenvalue weighted by Gasteiger charge is -2.34. The molecule has 0 aliphatic carbocycles. The Bertz CT molecular complexity index is 216. The van der Waals surface area contributed by atoms with Crippen LogP contribution in [0.5, 0.6) is 0 Å². The summed E-state index contributed by atoms with van der Waals surface area (Å²) in [7, 11) is 0. The normalized spacial score (nSPS) is 27.4. The van der Waals surface area contributed by atoms with E-state index in [0.29, 0.717) is 12.0 Å². The van der Waals surface area contributed by atoms with Gasteiger partial charge in [0.1, 0.15) is 5.67 Å². The number of nitrogens with one attached hydrogen (secondary N) is 1. The van der Waals surface area contributed by atoms with Gasteiger partial charge < -0.3 is 5.32 Å². The van der Waals surface area contributed by atoms with Gasteiger partial charge in [0.05, 0.1) is 0 Å². The molecule has 2 fully saturated rings. The summed E-state index contributed by atoms with van der Waals surface area (Å²) in [6.45, 7) is 8.46. The van der Waals surface area contributed by atoms with Crippen LogP contribution < -0.4 is 5.32 Å². The third-order valence-electron chi connectivity index (χ3n) is 3.78. The summed E-state index contributed by atoms with van der Waals surface area (Å²) >= 11 is 0. The number of nitrogens with zero attached hydrogens (tertiary/aromatic N) is 1. The number of rotatable bonds is 2. The van der Waals surface area contributed by atoms with Crippen molar-refractivity contribution in [3.05, 3.63) is 0 Å². The van der Waals surface area contributed by atoms with Crippen molar-refractivity contribution in [1.82, 2.24) is 10.2 Å². The molecular weight excluding hydrogens is 191 g/mol. The van der Waals surface area contributed by atoms with Crippen molar-refractivity contribution in [2.24, 2.45) is 5.41 Å². The molecule has 0 amide bonds. The Morgan fingerprint density at radius 2 is 1.93 bits per heavy atom. The average molecular weight is 214 g/mol. The van der Waals surface area contributed by atoms with Gasteiger partial charge in [0.25, 0.3) is 0 Å². The second-order valence-electron chi connectivity index (χ2n) is 5.93. The van der Waals surface area contributed by atoms with E-state index in [1.165, 1.54) is 19.3 Å². The van der Waals surface area contributed by atoms with E-state index in [4.69, 9.17) is 0 Å². The zero-order chi connectivity index (χ0) is 10.9. The molecule has 3 heteroatoms. The zero-order valence-corrected chi connectivity index (χ0v) is 9.98. The van der Waals surface area contributed by atoms with Crippen LogP contribution >= 0.6 is 0 Å². The van der Waals surface area contributed by atoms with Crippen molar-refractivity contribution in [3.63, 3.8) is 0 Å². The van der Waals surface area contributed by atoms with Crippen LogP contribution in [-0.4, -0.2) is 43.3 Å². The molecule has 2 aliphatic rings. The molecule has 0 saturated carbocycles. The SMILES string of the molecule is CC(C)(F)CN1CCC2(CCNCC2)C1. The van der Waals surface area contributed by atoms with Gasteiger partial charge in [-0.3, -0.25) is 4.90 Å². The van der Waals surface area contributed by atoms with Crippen molar-refractivity contribution in [2.75, 3.05) is 32.7 Å². The summed E-state index contributed by atoms with van der Waals surface area (Å²) in [6, 6.07) is 0. The van der Waals surface area contributed by atoms with E-state index >= 15 is 0 Å². The average Bonchev–Trinajstić information content (AvgIpc) is 2.47. The van der Waals surface area contributed by atoms with Crippen LogP contribution in [-0.2, 0) is 0 Å². The number of alkyl halides is 1. The summed E-state index contributed by atoms with van der Waals surface area (Å²) < 4.78 is 13.5. The first-order valence-corrected chi connectivity index (χ1v) is 6.11. The van der Waals surface area contributed by atoms with E-state index < -0.39 is 5.67 Å². The lowest BCUT2D eigenvalue weighted by molar-refractivity contribution is 0.124. The maximum absolute atomic E-state index is 13.5. The highest BCUT2D eigenvalue weighted by Crippen LogP contribution is 2.38. The van der Waals surface area contributed by atoms with Crippen LogP contribution in [0.1, 0.15) is 33.1 Å². The number of piperidine rings is 1. The predicted octanol–water partition coefficient (Wildman–Crippen LogP) is 1.81. The summed E-state index contributed by atoms with van der Waals surface area (Å²) in [5.41, 5.74) is -0.533. The quantitative estimate of drug-likeness (QED) is 0.754. The van der Waals surface area contributed by atoms with Crippen molar-refractivity contribution < 1.29 is 4.39 Å². The maximum Gasteiger partial charge on any atom is 0.118 e. The van der Waals surface area contributed by atoms with Crippen molar-refractivity contribution in [3.8, 4) is 0 Å². The predicted molar refractivity (Wildman–Crippen MR) is 60.8 cm³/mol. The molecule has 1 N–H and O–H groups in total. The largest absolute Gasteiger partial charge is 0.317 e. The molecule has 15 heavy (non-hydrogen) atoms. The highest BCUT2D eigenvalue weighted by Gasteiger charge is 2.39. The van der Waals surface area contributed by atoms with Gasteiger partial charge in [-0.05, 0) is 58.2 Å². The van der Waals surface area contributed by atoms with E-state index in [0.717, 1.165) is 26.2 Å². The molecular formula is C12H23FN2. The van der Waals surface area contributed by atoms with Gasteiger partial charge in [-0.2, -0.15) is 0 Å². The number of halogens is 1. The topological polar surface area (TPSA) is 15.3 Å². The van der Waals surface area contributed by atoms with E-state index in [1.807, 2.05) is 0 Å². The molecule has 0 bridgehead atoms. The smallest absolute Gasteiger partial charge is 0.118 e. The van der Waals surface area contributed by atoms with Crippen LogP contribution in [0.2, 0.25) is 0 Å². The minimum absolute atomic E-state index is 0.510.